The topological polar surface area (TPSA) is 219 Å². The number of Topliss-reactive ketones (excluding diaryl/α,β-unsaturated/α-hetero) is 1. The molecule has 2 aromatic heterocycles. The third kappa shape index (κ3) is 11.5. The lowest BCUT2D eigenvalue weighted by atomic mass is 10.0. The highest BCUT2D eigenvalue weighted by Gasteiger charge is 2.62. The van der Waals surface area contributed by atoms with Crippen LogP contribution in [0.4, 0.5) is 21.3 Å². The zero-order valence-electron chi connectivity index (χ0n) is 39.2. The summed E-state index contributed by atoms with van der Waals surface area (Å²) in [6.07, 6.45) is 4.53. The summed E-state index contributed by atoms with van der Waals surface area (Å²) < 4.78 is 17.9. The van der Waals surface area contributed by atoms with Gasteiger partial charge in [-0.1, -0.05) is 38.1 Å². The van der Waals surface area contributed by atoms with Crippen LogP contribution >= 0.6 is 11.3 Å². The number of pyridine rings is 1. The number of allylic oxidation sites excluding steroid dienone is 1. The van der Waals surface area contributed by atoms with Crippen molar-refractivity contribution in [2.45, 2.75) is 122 Å². The molecule has 17 nitrogen and oxygen atoms in total. The molecule has 5 atom stereocenters. The van der Waals surface area contributed by atoms with Crippen LogP contribution < -0.4 is 36.1 Å². The lowest BCUT2D eigenvalue weighted by Crippen LogP contribution is -2.58. The molecule has 356 valence electrons. The van der Waals surface area contributed by atoms with E-state index in [4.69, 9.17) is 24.2 Å². The van der Waals surface area contributed by atoms with E-state index in [0.29, 0.717) is 58.7 Å². The van der Waals surface area contributed by atoms with Crippen LogP contribution in [0.3, 0.4) is 0 Å². The van der Waals surface area contributed by atoms with Crippen LogP contribution in [0.5, 0.6) is 11.5 Å². The number of carbonyl (C=O) groups is 6. The van der Waals surface area contributed by atoms with Crippen molar-refractivity contribution in [1.82, 2.24) is 25.5 Å². The molecule has 67 heavy (non-hydrogen) atoms. The van der Waals surface area contributed by atoms with E-state index in [9.17, 15) is 28.8 Å². The Morgan fingerprint density at radius 3 is 2.40 bits per heavy atom. The Kier molecular flexibility index (Phi) is 14.5. The van der Waals surface area contributed by atoms with E-state index in [1.54, 1.807) is 84.2 Å². The molecule has 1 aliphatic carbocycles. The molecule has 1 saturated heterocycles. The Balaban J connectivity index is 1.22. The zero-order valence-corrected chi connectivity index (χ0v) is 40.0. The second-order valence-electron chi connectivity index (χ2n) is 18.9. The van der Waals surface area contributed by atoms with Gasteiger partial charge in [0.2, 0.25) is 23.5 Å². The van der Waals surface area contributed by atoms with Gasteiger partial charge in [0.1, 0.15) is 46.5 Å². The quantitative estimate of drug-likeness (QED) is 0.0743. The number of thiazole rings is 1. The second kappa shape index (κ2) is 20.1. The van der Waals surface area contributed by atoms with Gasteiger partial charge in [-0.05, 0) is 90.5 Å². The Hall–Kier alpha value is -6.56. The molecule has 0 radical (unpaired) electrons. The summed E-state index contributed by atoms with van der Waals surface area (Å²) in [4.78, 5) is 94.8. The van der Waals surface area contributed by atoms with Crippen molar-refractivity contribution < 1.29 is 43.0 Å². The summed E-state index contributed by atoms with van der Waals surface area (Å²) in [6, 6.07) is 11.6. The maximum atomic E-state index is 14.9. The molecule has 4 heterocycles. The number of ketones is 1. The van der Waals surface area contributed by atoms with Crippen LogP contribution in [0, 0.1) is 11.8 Å². The first-order valence-electron chi connectivity index (χ1n) is 22.8. The minimum atomic E-state index is -1.62. The van der Waals surface area contributed by atoms with Crippen LogP contribution in [0.1, 0.15) is 87.0 Å². The number of carbonyl (C=O) groups excluding carboxylic acids is 6. The summed E-state index contributed by atoms with van der Waals surface area (Å²) in [5, 5.41) is 17.7. The third-order valence-corrected chi connectivity index (χ3v) is 12.5. The lowest BCUT2D eigenvalue weighted by molar-refractivity contribution is -0.143. The van der Waals surface area contributed by atoms with E-state index in [2.05, 4.69) is 26.6 Å². The number of rotatable bonds is 11. The standard InChI is InChI=1S/C49H60N8O9S/c1-27(2)41(55-47(63)66-48(5,6)7)45(62)57-25-31(65-39-23-36(37-26-67-46(54-37)50-28(3)4)51-35-21-30(64-8)19-20-32(35)39)22-38(57)43(60)56-49-24-29(49)15-11-9-10-12-18-40(58)52-33-16-13-14-17-34(33)53-44(61)42(49)59/h11,13-17,19-21,23,26-29,31,38,41H,9-10,12,18,22,24-25H2,1-8H3,(H,50,54)(H,52,58)(H,53,61)(H,55,63)(H,56,60)/b15-11+/t29-,31+,38+,41-,49+/m1/s1. The molecule has 18 heteroatoms. The van der Waals surface area contributed by atoms with Crippen LogP contribution in [0.2, 0.25) is 0 Å². The van der Waals surface area contributed by atoms with Gasteiger partial charge in [-0.15, -0.1) is 11.3 Å². The number of para-hydroxylation sites is 2. The fraction of sp³-hybridized carbons (Fsp3) is 0.469. The Morgan fingerprint density at radius 1 is 0.955 bits per heavy atom. The number of anilines is 3. The number of methoxy groups -OCH3 is 1. The zero-order chi connectivity index (χ0) is 48.2. The van der Waals surface area contributed by atoms with Gasteiger partial charge < -0.3 is 45.7 Å². The average molecular weight is 937 g/mol. The third-order valence-electron chi connectivity index (χ3n) is 11.7. The molecule has 0 bridgehead atoms. The van der Waals surface area contributed by atoms with Gasteiger partial charge in [0, 0.05) is 47.7 Å². The molecule has 0 spiro atoms. The Morgan fingerprint density at radius 2 is 1.70 bits per heavy atom. The largest absolute Gasteiger partial charge is 0.497 e. The van der Waals surface area contributed by atoms with E-state index < -0.39 is 70.8 Å². The number of alkyl carbamates (subject to hydrolysis) is 1. The second-order valence-corrected chi connectivity index (χ2v) is 19.8. The van der Waals surface area contributed by atoms with E-state index in [-0.39, 0.29) is 43.4 Å². The van der Waals surface area contributed by atoms with E-state index in [1.165, 1.54) is 16.2 Å². The molecule has 4 aromatic rings. The number of likely N-dealkylation sites (tertiary alicyclic amines) is 1. The highest BCUT2D eigenvalue weighted by molar-refractivity contribution is 7.14. The molecule has 2 aliphatic heterocycles. The van der Waals surface area contributed by atoms with Gasteiger partial charge in [-0.3, -0.25) is 24.0 Å². The smallest absolute Gasteiger partial charge is 0.408 e. The van der Waals surface area contributed by atoms with E-state index in [1.807, 2.05) is 37.4 Å². The molecular weight excluding hydrogens is 877 g/mol. The van der Waals surface area contributed by atoms with Gasteiger partial charge in [-0.2, -0.15) is 0 Å². The summed E-state index contributed by atoms with van der Waals surface area (Å²) in [5.74, 6) is -3.24. The van der Waals surface area contributed by atoms with Crippen molar-refractivity contribution in [1.29, 1.82) is 0 Å². The molecule has 5 amide bonds. The van der Waals surface area contributed by atoms with Crippen molar-refractivity contribution in [3.63, 3.8) is 0 Å². The highest BCUT2D eigenvalue weighted by atomic mass is 32.1. The number of hydrogen-bond donors (Lipinski definition) is 5. The normalized spacial score (nSPS) is 22.0. The first-order valence-corrected chi connectivity index (χ1v) is 23.6. The molecule has 3 aliphatic rings. The van der Waals surface area contributed by atoms with Crippen molar-refractivity contribution in [2.75, 3.05) is 29.6 Å². The number of benzene rings is 2. The maximum Gasteiger partial charge on any atom is 0.408 e. The first kappa shape index (κ1) is 48.4. The predicted molar refractivity (Wildman–Crippen MR) is 256 cm³/mol. The van der Waals surface area contributed by atoms with E-state index in [0.717, 1.165) is 5.13 Å². The Bertz CT molecular complexity index is 2570. The lowest BCUT2D eigenvalue weighted by Gasteiger charge is -2.31. The van der Waals surface area contributed by atoms with Crippen molar-refractivity contribution >= 4 is 74.3 Å². The molecule has 5 N–H and O–H groups in total. The minimum Gasteiger partial charge on any atom is -0.497 e. The van der Waals surface area contributed by atoms with E-state index >= 15 is 0 Å². The van der Waals surface area contributed by atoms with Gasteiger partial charge in [0.25, 0.3) is 5.91 Å². The monoisotopic (exact) mass is 936 g/mol. The summed E-state index contributed by atoms with van der Waals surface area (Å²) >= 11 is 1.44. The maximum absolute atomic E-state index is 14.9. The number of amides is 5. The van der Waals surface area contributed by atoms with Gasteiger partial charge >= 0.3 is 6.09 Å². The molecular formula is C49H60N8O9S. The van der Waals surface area contributed by atoms with Crippen LogP contribution in [-0.4, -0.2) is 99.4 Å². The molecule has 1 saturated carbocycles. The SMILES string of the molecule is COc1ccc2c(O[C@H]3C[C@@H](C(=O)N[C@@]45C[C@H]4/C=C/CCCCC(=O)Nc4ccccc4NC(=O)C5=O)N(C(=O)[C@H](NC(=O)OC(C)(C)C)C(C)C)C3)cc(-c3csc(NC(C)C)n3)nc2c1. The van der Waals surface area contributed by atoms with Gasteiger partial charge in [-0.25, -0.2) is 14.8 Å². The fourth-order valence-corrected chi connectivity index (χ4v) is 9.16. The van der Waals surface area contributed by atoms with Crippen molar-refractivity contribution in [3.8, 4) is 22.9 Å². The number of aromatic nitrogens is 2. The molecule has 7 rings (SSSR count). The van der Waals surface area contributed by atoms with Crippen LogP contribution in [0.15, 0.2) is 66.1 Å². The molecule has 0 unspecified atom stereocenters. The number of hydrogen-bond acceptors (Lipinski definition) is 13. The highest BCUT2D eigenvalue weighted by Crippen LogP contribution is 2.46. The van der Waals surface area contributed by atoms with Crippen LogP contribution in [0.25, 0.3) is 22.3 Å². The van der Waals surface area contributed by atoms with Crippen molar-refractivity contribution in [3.05, 3.63) is 66.1 Å². The first-order chi connectivity index (χ1) is 31.8. The summed E-state index contributed by atoms with van der Waals surface area (Å²) in [7, 11) is 1.56. The number of fused-ring (bicyclic) bond motifs is 3. The van der Waals surface area contributed by atoms with Crippen LogP contribution in [-0.2, 0) is 28.7 Å². The fourth-order valence-electron chi connectivity index (χ4n) is 8.31. The van der Waals surface area contributed by atoms with Gasteiger partial charge in [0.15, 0.2) is 5.13 Å². The Labute approximate surface area is 394 Å². The number of ether oxygens (including phenoxy) is 3. The molecule has 2 aromatic carbocycles. The van der Waals surface area contributed by atoms with Gasteiger partial charge in [0.05, 0.1) is 36.2 Å². The minimum absolute atomic E-state index is 0.00661. The predicted octanol–water partition coefficient (Wildman–Crippen LogP) is 7.24. The number of nitrogens with zero attached hydrogens (tertiary/aromatic N) is 3. The molecule has 2 fully saturated rings. The summed E-state index contributed by atoms with van der Waals surface area (Å²) in [5.41, 5.74) is -0.186. The average Bonchev–Trinajstić information content (AvgIpc) is 3.52. The van der Waals surface area contributed by atoms with Crippen molar-refractivity contribution in [2.24, 2.45) is 11.8 Å². The summed E-state index contributed by atoms with van der Waals surface area (Å²) in [6.45, 7) is 12.7. The number of nitrogens with one attached hydrogen (secondary N) is 5.